The maximum atomic E-state index is 2.22. The first-order valence-corrected chi connectivity index (χ1v) is 4.52. The van der Waals surface area contributed by atoms with E-state index in [1.54, 1.807) is 5.92 Å². The standard InChI is InChI=1S/C11H17.Zn/c1-3-7-10(4-2)11-8-5-6-9-11;/h3-4,7H,5-6,8-9H2,1-2H3;/q-1;/b7-3-,10-4+;. The van der Waals surface area contributed by atoms with E-state index in [2.05, 4.69) is 32.1 Å². The largest absolute Gasteiger partial charge is 0.193 e. The van der Waals surface area contributed by atoms with Gasteiger partial charge in [0.15, 0.2) is 0 Å². The predicted molar refractivity (Wildman–Crippen MR) is 50.3 cm³/mol. The van der Waals surface area contributed by atoms with E-state index in [4.69, 9.17) is 0 Å². The summed E-state index contributed by atoms with van der Waals surface area (Å²) in [5, 5.41) is 0. The summed E-state index contributed by atoms with van der Waals surface area (Å²) in [5.41, 5.74) is 1.46. The molecule has 0 unspecified atom stereocenters. The van der Waals surface area contributed by atoms with Crippen LogP contribution >= 0.6 is 0 Å². The van der Waals surface area contributed by atoms with Crippen LogP contribution in [-0.2, 0) is 19.5 Å². The molecule has 0 aromatic rings. The summed E-state index contributed by atoms with van der Waals surface area (Å²) in [6, 6.07) is 0. The van der Waals surface area contributed by atoms with Crippen LogP contribution in [0.3, 0.4) is 0 Å². The van der Waals surface area contributed by atoms with Crippen molar-refractivity contribution >= 4 is 0 Å². The van der Waals surface area contributed by atoms with Crippen LogP contribution in [0.15, 0.2) is 23.8 Å². The Morgan fingerprint density at radius 2 is 1.75 bits per heavy atom. The molecule has 0 aromatic carbocycles. The van der Waals surface area contributed by atoms with E-state index in [9.17, 15) is 0 Å². The van der Waals surface area contributed by atoms with Gasteiger partial charge in [0.25, 0.3) is 0 Å². The molecule has 0 bridgehead atoms. The molecular formula is C11H17Zn-. The third-order valence-electron chi connectivity index (χ3n) is 2.27. The molecule has 0 amide bonds. The van der Waals surface area contributed by atoms with Gasteiger partial charge in [0.05, 0.1) is 0 Å². The smallest absolute Gasteiger partial charge is 0 e. The summed E-state index contributed by atoms with van der Waals surface area (Å²) < 4.78 is 0. The number of rotatable bonds is 2. The first-order chi connectivity index (χ1) is 5.38. The summed E-state index contributed by atoms with van der Waals surface area (Å²) in [4.78, 5) is 0. The van der Waals surface area contributed by atoms with Crippen molar-refractivity contribution in [3.8, 4) is 0 Å². The van der Waals surface area contributed by atoms with E-state index >= 15 is 0 Å². The third-order valence-corrected chi connectivity index (χ3v) is 2.27. The topological polar surface area (TPSA) is 0 Å². The average Bonchev–Trinajstić information content (AvgIpc) is 2.52. The zero-order valence-corrected chi connectivity index (χ0v) is 11.2. The van der Waals surface area contributed by atoms with Gasteiger partial charge in [-0.3, -0.25) is 0 Å². The summed E-state index contributed by atoms with van der Waals surface area (Å²) in [6.07, 6.45) is 12.0. The van der Waals surface area contributed by atoms with Crippen LogP contribution in [0.25, 0.3) is 0 Å². The second-order valence-electron chi connectivity index (χ2n) is 3.05. The fraction of sp³-hybridized carbons (Fsp3) is 0.545. The summed E-state index contributed by atoms with van der Waals surface area (Å²) in [7, 11) is 0. The van der Waals surface area contributed by atoms with Crippen LogP contribution in [0.1, 0.15) is 39.5 Å². The van der Waals surface area contributed by atoms with Gasteiger partial charge in [0.1, 0.15) is 0 Å². The fourth-order valence-electron chi connectivity index (χ4n) is 1.69. The normalized spacial score (nSPS) is 18.5. The van der Waals surface area contributed by atoms with Crippen molar-refractivity contribution in [1.29, 1.82) is 0 Å². The first-order valence-electron chi connectivity index (χ1n) is 4.52. The number of hydrogen-bond acceptors (Lipinski definition) is 0. The molecule has 0 spiro atoms. The van der Waals surface area contributed by atoms with Crippen molar-refractivity contribution in [3.05, 3.63) is 29.7 Å². The Bertz CT molecular complexity index is 162. The Morgan fingerprint density at radius 3 is 2.17 bits per heavy atom. The second kappa shape index (κ2) is 6.49. The Morgan fingerprint density at radius 1 is 1.17 bits per heavy atom. The Kier molecular flexibility index (Phi) is 6.47. The van der Waals surface area contributed by atoms with Crippen LogP contribution < -0.4 is 0 Å². The van der Waals surface area contributed by atoms with Gasteiger partial charge in [0, 0.05) is 19.5 Å². The van der Waals surface area contributed by atoms with Gasteiger partial charge in [0.2, 0.25) is 0 Å². The van der Waals surface area contributed by atoms with Crippen LogP contribution in [0.4, 0.5) is 0 Å². The average molecular weight is 215 g/mol. The predicted octanol–water partition coefficient (Wildman–Crippen LogP) is 3.65. The quantitative estimate of drug-likeness (QED) is 0.374. The van der Waals surface area contributed by atoms with Crippen molar-refractivity contribution in [2.45, 2.75) is 39.5 Å². The van der Waals surface area contributed by atoms with Gasteiger partial charge in [-0.2, -0.15) is 23.6 Å². The Balaban J connectivity index is 0.00000121. The number of allylic oxidation sites excluding steroid dienone is 4. The van der Waals surface area contributed by atoms with Gasteiger partial charge in [-0.1, -0.05) is 39.5 Å². The molecule has 0 N–H and O–H groups in total. The van der Waals surface area contributed by atoms with Crippen LogP contribution in [0.5, 0.6) is 0 Å². The third kappa shape index (κ3) is 3.15. The molecule has 12 heavy (non-hydrogen) atoms. The molecule has 1 saturated carbocycles. The maximum Gasteiger partial charge on any atom is 0 e. The fourth-order valence-corrected chi connectivity index (χ4v) is 1.69. The summed E-state index contributed by atoms with van der Waals surface area (Å²) in [6.45, 7) is 4.21. The minimum Gasteiger partial charge on any atom is -0.193 e. The van der Waals surface area contributed by atoms with Crippen molar-refractivity contribution in [3.63, 3.8) is 0 Å². The van der Waals surface area contributed by atoms with E-state index < -0.39 is 0 Å². The van der Waals surface area contributed by atoms with Crippen LogP contribution in [-0.4, -0.2) is 0 Å². The maximum absolute atomic E-state index is 2.22. The molecule has 0 nitrogen and oxygen atoms in total. The molecule has 0 saturated heterocycles. The van der Waals surface area contributed by atoms with Crippen molar-refractivity contribution in [2.75, 3.05) is 0 Å². The van der Waals surface area contributed by atoms with Gasteiger partial charge >= 0.3 is 0 Å². The van der Waals surface area contributed by atoms with Crippen molar-refractivity contribution in [2.24, 2.45) is 0 Å². The van der Waals surface area contributed by atoms with E-state index in [-0.39, 0.29) is 19.5 Å². The van der Waals surface area contributed by atoms with Crippen LogP contribution in [0, 0.1) is 5.92 Å². The second-order valence-corrected chi connectivity index (χ2v) is 3.05. The summed E-state index contributed by atoms with van der Waals surface area (Å²) in [5.74, 6) is 1.66. The molecule has 0 aliphatic heterocycles. The zero-order valence-electron chi connectivity index (χ0n) is 8.27. The molecule has 1 heteroatoms. The first kappa shape index (κ1) is 12.0. The molecule has 1 rings (SSSR count). The molecule has 64 valence electrons. The van der Waals surface area contributed by atoms with Crippen LogP contribution in [0.2, 0.25) is 0 Å². The van der Waals surface area contributed by atoms with Gasteiger partial charge < -0.3 is 0 Å². The molecule has 0 radical (unpaired) electrons. The SMILES string of the molecule is C/C=C\C(=C/C)[C-]1CCCC1.[Zn]. The molecule has 0 heterocycles. The molecule has 1 aliphatic carbocycles. The molecular weight excluding hydrogens is 198 g/mol. The van der Waals surface area contributed by atoms with Gasteiger partial charge in [-0.05, 0) is 0 Å². The molecule has 1 fully saturated rings. The minimum atomic E-state index is 0. The molecule has 0 aromatic heterocycles. The Labute approximate surface area is 88.9 Å². The number of hydrogen-bond donors (Lipinski definition) is 0. The van der Waals surface area contributed by atoms with Gasteiger partial charge in [-0.25, -0.2) is 0 Å². The van der Waals surface area contributed by atoms with Gasteiger partial charge in [-0.15, -0.1) is 6.08 Å². The van der Waals surface area contributed by atoms with E-state index in [1.165, 1.54) is 31.3 Å². The van der Waals surface area contributed by atoms with Crippen molar-refractivity contribution < 1.29 is 19.5 Å². The summed E-state index contributed by atoms with van der Waals surface area (Å²) >= 11 is 0. The zero-order chi connectivity index (χ0) is 8.10. The van der Waals surface area contributed by atoms with E-state index in [0.29, 0.717) is 0 Å². The monoisotopic (exact) mass is 213 g/mol. The van der Waals surface area contributed by atoms with E-state index in [1.807, 2.05) is 0 Å². The Hall–Kier alpha value is -0.0266. The minimum absolute atomic E-state index is 0. The van der Waals surface area contributed by atoms with Crippen molar-refractivity contribution in [1.82, 2.24) is 0 Å². The van der Waals surface area contributed by atoms with E-state index in [0.717, 1.165) is 0 Å². The molecule has 0 atom stereocenters. The molecule has 1 aliphatic rings.